The van der Waals surface area contributed by atoms with Crippen LogP contribution in [0.4, 0.5) is 0 Å². The average molecular weight is 531 g/mol. The van der Waals surface area contributed by atoms with E-state index in [9.17, 15) is 9.59 Å². The second kappa shape index (κ2) is 12.8. The van der Waals surface area contributed by atoms with Crippen LogP contribution in [-0.4, -0.2) is 41.3 Å². The number of carbonyl (C=O) groups excluding carboxylic acids is 2. The third-order valence-corrected chi connectivity index (χ3v) is 7.76. The molecule has 37 heavy (non-hydrogen) atoms. The summed E-state index contributed by atoms with van der Waals surface area (Å²) in [5.74, 6) is 0.909. The predicted molar refractivity (Wildman–Crippen MR) is 151 cm³/mol. The van der Waals surface area contributed by atoms with Gasteiger partial charge in [-0.15, -0.1) is 0 Å². The van der Waals surface area contributed by atoms with Crippen LogP contribution in [0, 0.1) is 17.3 Å². The first-order valence-corrected chi connectivity index (χ1v) is 13.1. The second-order valence-electron chi connectivity index (χ2n) is 10.9. The Morgan fingerprint density at radius 2 is 1.92 bits per heavy atom. The number of hydrogen-bond acceptors (Lipinski definition) is 3. The lowest BCUT2D eigenvalue weighted by atomic mass is 9.68. The van der Waals surface area contributed by atoms with Gasteiger partial charge in [0.05, 0.1) is 0 Å². The van der Waals surface area contributed by atoms with E-state index in [0.717, 1.165) is 42.7 Å². The maximum atomic E-state index is 13.6. The molecule has 0 aromatic carbocycles. The van der Waals surface area contributed by atoms with Gasteiger partial charge in [-0.2, -0.15) is 0 Å². The van der Waals surface area contributed by atoms with Crippen LogP contribution >= 0.6 is 11.6 Å². The average Bonchev–Trinajstić information content (AvgIpc) is 3.33. The highest BCUT2D eigenvalue weighted by molar-refractivity contribution is 6.29. The summed E-state index contributed by atoms with van der Waals surface area (Å²) in [5, 5.41) is 3.87. The lowest BCUT2D eigenvalue weighted by Crippen LogP contribution is -2.56. The molecular formula is C30H43ClN2O4. The van der Waals surface area contributed by atoms with Crippen molar-refractivity contribution < 1.29 is 19.5 Å². The Morgan fingerprint density at radius 3 is 2.51 bits per heavy atom. The summed E-state index contributed by atoms with van der Waals surface area (Å²) in [7, 11) is 0. The molecule has 2 heterocycles. The number of allylic oxidation sites excluding steroid dienone is 8. The Labute approximate surface area is 226 Å². The molecule has 1 aromatic rings. The van der Waals surface area contributed by atoms with Gasteiger partial charge in [-0.05, 0) is 67.6 Å². The summed E-state index contributed by atoms with van der Waals surface area (Å²) in [6.45, 7) is 9.75. The highest BCUT2D eigenvalue weighted by Crippen LogP contribution is 2.43. The van der Waals surface area contributed by atoms with Crippen LogP contribution in [0.5, 0.6) is 0 Å². The van der Waals surface area contributed by atoms with Gasteiger partial charge in [0.25, 0.3) is 5.91 Å². The van der Waals surface area contributed by atoms with E-state index in [1.807, 2.05) is 37.0 Å². The molecule has 204 valence electrons. The largest absolute Gasteiger partial charge is 0.451 e. The zero-order valence-electron chi connectivity index (χ0n) is 21.8. The molecule has 0 radical (unpaired) electrons. The van der Waals surface area contributed by atoms with Crippen LogP contribution in [0.15, 0.2) is 57.5 Å². The molecule has 1 fully saturated rings. The quantitative estimate of drug-likeness (QED) is 0.467. The molecule has 2 atom stereocenters. The van der Waals surface area contributed by atoms with Crippen molar-refractivity contribution >= 4 is 29.0 Å². The summed E-state index contributed by atoms with van der Waals surface area (Å²) < 4.78 is 5.84. The van der Waals surface area contributed by atoms with Gasteiger partial charge < -0.3 is 20.1 Å². The number of furan rings is 1. The van der Waals surface area contributed by atoms with Crippen LogP contribution in [0.25, 0.3) is 5.57 Å². The maximum absolute atomic E-state index is 13.6. The first kappa shape index (κ1) is 30.7. The lowest BCUT2D eigenvalue weighted by molar-refractivity contribution is -0.138. The zero-order chi connectivity index (χ0) is 25.2. The van der Waals surface area contributed by atoms with E-state index in [1.165, 1.54) is 5.57 Å². The van der Waals surface area contributed by atoms with Crippen molar-refractivity contribution in [1.29, 1.82) is 0 Å². The summed E-state index contributed by atoms with van der Waals surface area (Å²) in [6.07, 6.45) is 15.2. The molecule has 6 nitrogen and oxygen atoms in total. The molecule has 0 bridgehead atoms. The van der Waals surface area contributed by atoms with E-state index in [4.69, 9.17) is 16.0 Å². The van der Waals surface area contributed by atoms with Gasteiger partial charge in [-0.3, -0.25) is 9.59 Å². The van der Waals surface area contributed by atoms with Gasteiger partial charge >= 0.3 is 0 Å². The van der Waals surface area contributed by atoms with Gasteiger partial charge in [0.15, 0.2) is 5.76 Å². The Kier molecular flexibility index (Phi) is 10.6. The number of amides is 2. The van der Waals surface area contributed by atoms with Gasteiger partial charge in [0.2, 0.25) is 5.91 Å². The Hall–Kier alpha value is -2.57. The van der Waals surface area contributed by atoms with E-state index >= 15 is 0 Å². The molecule has 3 aliphatic rings. The fourth-order valence-electron chi connectivity index (χ4n) is 5.48. The molecular weight excluding hydrogens is 488 g/mol. The van der Waals surface area contributed by atoms with Crippen molar-refractivity contribution in [3.63, 3.8) is 0 Å². The standard InChI is InChI=1S/C29H37ClN2O3.CH4.H2O/c1-19(2)26(31-27(33)25-15-14-24(35-25)21-8-6-5-7-9-21)28(34)32-17-16-23(29(3,4)18-32)20-10-12-22(30)13-11-20;;/h6,8-10,12,14-15,19,23,26H,5,7,11,13,16-18H2,1-4H3,(H,31,33);1H4;1H2/t23-,26-;;/m1../s1. The Balaban J connectivity index is 0.00000241. The Morgan fingerprint density at radius 1 is 1.16 bits per heavy atom. The summed E-state index contributed by atoms with van der Waals surface area (Å²) >= 11 is 6.16. The third-order valence-electron chi connectivity index (χ3n) is 7.45. The predicted octanol–water partition coefficient (Wildman–Crippen LogP) is 6.30. The third kappa shape index (κ3) is 7.05. The molecule has 7 heteroatoms. The van der Waals surface area contributed by atoms with E-state index in [2.05, 4.69) is 37.4 Å². The van der Waals surface area contributed by atoms with Crippen LogP contribution in [0.3, 0.4) is 0 Å². The van der Waals surface area contributed by atoms with E-state index < -0.39 is 6.04 Å². The van der Waals surface area contributed by atoms with E-state index in [0.29, 0.717) is 24.8 Å². The van der Waals surface area contributed by atoms with E-state index in [1.54, 1.807) is 6.07 Å². The number of likely N-dealkylation sites (tertiary alicyclic amines) is 1. The number of piperidine rings is 1. The Bertz CT molecular complexity index is 1090. The molecule has 0 saturated carbocycles. The smallest absolute Gasteiger partial charge is 0.287 e. The van der Waals surface area contributed by atoms with Crippen molar-refractivity contribution in [1.82, 2.24) is 10.2 Å². The van der Waals surface area contributed by atoms with E-state index in [-0.39, 0.29) is 41.8 Å². The van der Waals surface area contributed by atoms with Crippen molar-refractivity contribution in [3.05, 3.63) is 64.6 Å². The number of rotatable bonds is 6. The number of carbonyl (C=O) groups is 2. The molecule has 3 N–H and O–H groups in total. The SMILES string of the molecule is C.CC(C)[C@@H](NC(=O)c1ccc(C2=CCCC=C2)o1)C(=O)N1CC[C@H](C2=CC=C(Cl)CC2)C(C)(C)C1.O. The molecule has 0 spiro atoms. The summed E-state index contributed by atoms with van der Waals surface area (Å²) in [4.78, 5) is 28.5. The number of hydrogen-bond donors (Lipinski definition) is 1. The molecule has 4 rings (SSSR count). The van der Waals surface area contributed by atoms with Gasteiger partial charge in [0, 0.05) is 23.7 Å². The van der Waals surface area contributed by atoms with Crippen molar-refractivity contribution in [3.8, 4) is 0 Å². The fourth-order valence-corrected chi connectivity index (χ4v) is 5.64. The molecule has 2 aliphatic carbocycles. The minimum atomic E-state index is -0.604. The number of nitrogens with zero attached hydrogens (tertiary/aromatic N) is 1. The van der Waals surface area contributed by atoms with Crippen molar-refractivity contribution in [2.45, 2.75) is 73.3 Å². The fraction of sp³-hybridized carbons (Fsp3) is 0.533. The summed E-state index contributed by atoms with van der Waals surface area (Å²) in [5.41, 5.74) is 2.36. The number of nitrogens with one attached hydrogen (secondary N) is 1. The number of halogens is 1. The normalized spacial score (nSPS) is 21.6. The minimum Gasteiger partial charge on any atom is -0.451 e. The molecule has 2 amide bonds. The second-order valence-corrected chi connectivity index (χ2v) is 11.4. The van der Waals surface area contributed by atoms with Crippen LogP contribution in [0.2, 0.25) is 0 Å². The highest BCUT2D eigenvalue weighted by Gasteiger charge is 2.41. The van der Waals surface area contributed by atoms with Crippen LogP contribution in [0.1, 0.15) is 83.5 Å². The van der Waals surface area contributed by atoms with Crippen molar-refractivity contribution in [2.75, 3.05) is 13.1 Å². The van der Waals surface area contributed by atoms with Gasteiger partial charge in [-0.25, -0.2) is 0 Å². The molecule has 1 aliphatic heterocycles. The monoisotopic (exact) mass is 530 g/mol. The van der Waals surface area contributed by atoms with Gasteiger partial charge in [-0.1, -0.05) is 76.6 Å². The molecule has 1 saturated heterocycles. The van der Waals surface area contributed by atoms with Crippen LogP contribution in [-0.2, 0) is 4.79 Å². The highest BCUT2D eigenvalue weighted by atomic mass is 35.5. The topological polar surface area (TPSA) is 94.1 Å². The van der Waals surface area contributed by atoms with Gasteiger partial charge in [0.1, 0.15) is 11.8 Å². The summed E-state index contributed by atoms with van der Waals surface area (Å²) in [6, 6.07) is 2.90. The maximum Gasteiger partial charge on any atom is 0.287 e. The molecule has 1 aromatic heterocycles. The van der Waals surface area contributed by atoms with Crippen molar-refractivity contribution in [2.24, 2.45) is 17.3 Å². The lowest BCUT2D eigenvalue weighted by Gasteiger charge is -2.46. The first-order chi connectivity index (χ1) is 16.7. The zero-order valence-corrected chi connectivity index (χ0v) is 22.5. The first-order valence-electron chi connectivity index (χ1n) is 12.8. The minimum absolute atomic E-state index is 0. The van der Waals surface area contributed by atoms with Crippen LogP contribution < -0.4 is 5.32 Å². The molecule has 0 unspecified atom stereocenters.